The van der Waals surface area contributed by atoms with Gasteiger partial charge in [0.2, 0.25) is 0 Å². The standard InChI is InChI=1S/C6H7Br/c1-2-3-4-5-6-7/h2H,1,5-6H2. The molecule has 0 aliphatic rings. The smallest absolute Gasteiger partial charge is 0.0189 e. The van der Waals surface area contributed by atoms with Crippen LogP contribution in [-0.2, 0) is 0 Å². The average Bonchev–Trinajstić information content (AvgIpc) is 1.69. The molecule has 0 nitrogen and oxygen atoms in total. The molecule has 0 aliphatic carbocycles. The van der Waals surface area contributed by atoms with E-state index in [9.17, 15) is 0 Å². The summed E-state index contributed by atoms with van der Waals surface area (Å²) in [6, 6.07) is 0. The van der Waals surface area contributed by atoms with Gasteiger partial charge in [-0.1, -0.05) is 34.3 Å². The molecule has 0 N–H and O–H groups in total. The second-order valence-corrected chi connectivity index (χ2v) is 1.76. The maximum Gasteiger partial charge on any atom is 0.0189 e. The molecule has 0 aromatic carbocycles. The summed E-state index contributed by atoms with van der Waals surface area (Å²) in [5.74, 6) is 5.60. The topological polar surface area (TPSA) is 0 Å². The Morgan fingerprint density at radius 2 is 2.43 bits per heavy atom. The Morgan fingerprint density at radius 3 is 2.86 bits per heavy atom. The minimum absolute atomic E-state index is 0.909. The van der Waals surface area contributed by atoms with E-state index in [4.69, 9.17) is 0 Å². The lowest BCUT2D eigenvalue weighted by Gasteiger charge is -1.70. The first-order valence-corrected chi connectivity index (χ1v) is 3.19. The lowest BCUT2D eigenvalue weighted by atomic mass is 10.5. The molecule has 0 spiro atoms. The van der Waals surface area contributed by atoms with Gasteiger partial charge in [0.1, 0.15) is 0 Å². The molecular formula is C6H7Br. The molecule has 1 heteroatoms. The van der Waals surface area contributed by atoms with Crippen LogP contribution in [0.1, 0.15) is 6.42 Å². The van der Waals surface area contributed by atoms with E-state index < -0.39 is 0 Å². The van der Waals surface area contributed by atoms with E-state index in [-0.39, 0.29) is 0 Å². The van der Waals surface area contributed by atoms with Crippen molar-refractivity contribution in [2.24, 2.45) is 0 Å². The Labute approximate surface area is 52.7 Å². The van der Waals surface area contributed by atoms with E-state index in [1.165, 1.54) is 0 Å². The van der Waals surface area contributed by atoms with Crippen LogP contribution in [0.2, 0.25) is 0 Å². The Balaban J connectivity index is 3.07. The minimum Gasteiger partial charge on any atom is -0.0977 e. The van der Waals surface area contributed by atoms with Crippen LogP contribution in [0.15, 0.2) is 12.7 Å². The van der Waals surface area contributed by atoms with Crippen LogP contribution in [-0.4, -0.2) is 5.33 Å². The fraction of sp³-hybridized carbons (Fsp3) is 0.333. The first-order valence-electron chi connectivity index (χ1n) is 2.07. The molecule has 0 unspecified atom stereocenters. The van der Waals surface area contributed by atoms with Gasteiger partial charge in [-0.05, 0) is 6.08 Å². The Morgan fingerprint density at radius 1 is 1.71 bits per heavy atom. The van der Waals surface area contributed by atoms with Crippen molar-refractivity contribution in [3.05, 3.63) is 12.7 Å². The maximum absolute atomic E-state index is 3.44. The predicted molar refractivity (Wildman–Crippen MR) is 36.4 cm³/mol. The van der Waals surface area contributed by atoms with E-state index in [0.717, 1.165) is 11.8 Å². The van der Waals surface area contributed by atoms with Crippen LogP contribution in [0.3, 0.4) is 0 Å². The van der Waals surface area contributed by atoms with Crippen LogP contribution < -0.4 is 0 Å². The van der Waals surface area contributed by atoms with Gasteiger partial charge in [-0.3, -0.25) is 0 Å². The minimum atomic E-state index is 0.909. The third-order valence-electron chi connectivity index (χ3n) is 0.424. The molecule has 38 valence electrons. The second kappa shape index (κ2) is 5.78. The Kier molecular flexibility index (Phi) is 5.60. The highest BCUT2D eigenvalue weighted by atomic mass is 79.9. The zero-order valence-electron chi connectivity index (χ0n) is 4.08. The summed E-state index contributed by atoms with van der Waals surface area (Å²) in [6.45, 7) is 3.44. The van der Waals surface area contributed by atoms with Crippen molar-refractivity contribution in [3.63, 3.8) is 0 Å². The van der Waals surface area contributed by atoms with Gasteiger partial charge in [0, 0.05) is 11.8 Å². The monoisotopic (exact) mass is 158 g/mol. The molecule has 0 atom stereocenters. The summed E-state index contributed by atoms with van der Waals surface area (Å²) in [4.78, 5) is 0. The molecule has 0 radical (unpaired) electrons. The molecule has 0 fully saturated rings. The number of rotatable bonds is 1. The van der Waals surface area contributed by atoms with Gasteiger partial charge in [0.05, 0.1) is 0 Å². The fourth-order valence-electron chi connectivity index (χ4n) is 0.192. The van der Waals surface area contributed by atoms with Crippen LogP contribution in [0, 0.1) is 11.8 Å². The van der Waals surface area contributed by atoms with Crippen LogP contribution in [0.25, 0.3) is 0 Å². The van der Waals surface area contributed by atoms with Crippen molar-refractivity contribution in [1.29, 1.82) is 0 Å². The zero-order chi connectivity index (χ0) is 5.54. The molecule has 0 heterocycles. The van der Waals surface area contributed by atoms with Gasteiger partial charge in [-0.25, -0.2) is 0 Å². The summed E-state index contributed by atoms with van der Waals surface area (Å²) in [5.41, 5.74) is 0. The van der Waals surface area contributed by atoms with Gasteiger partial charge in [-0.2, -0.15) is 0 Å². The molecule has 0 saturated carbocycles. The highest BCUT2D eigenvalue weighted by Crippen LogP contribution is 1.82. The predicted octanol–water partition coefficient (Wildman–Crippen LogP) is 1.96. The number of allylic oxidation sites excluding steroid dienone is 1. The molecule has 7 heavy (non-hydrogen) atoms. The SMILES string of the molecule is C=CC#CCCBr. The number of hydrogen-bond donors (Lipinski definition) is 0. The van der Waals surface area contributed by atoms with Crippen molar-refractivity contribution in [2.45, 2.75) is 6.42 Å². The largest absolute Gasteiger partial charge is 0.0977 e. The van der Waals surface area contributed by atoms with E-state index in [0.29, 0.717) is 0 Å². The summed E-state index contributed by atoms with van der Waals surface area (Å²) in [5, 5.41) is 0.952. The van der Waals surface area contributed by atoms with Crippen molar-refractivity contribution >= 4 is 15.9 Å². The average molecular weight is 159 g/mol. The molecule has 0 amide bonds. The quantitative estimate of drug-likeness (QED) is 0.405. The van der Waals surface area contributed by atoms with Crippen molar-refractivity contribution in [3.8, 4) is 11.8 Å². The van der Waals surface area contributed by atoms with Gasteiger partial charge in [0.25, 0.3) is 0 Å². The first kappa shape index (κ1) is 6.78. The van der Waals surface area contributed by atoms with Gasteiger partial charge in [-0.15, -0.1) is 0 Å². The van der Waals surface area contributed by atoms with E-state index in [1.807, 2.05) is 0 Å². The second-order valence-electron chi connectivity index (χ2n) is 0.964. The van der Waals surface area contributed by atoms with Crippen LogP contribution >= 0.6 is 15.9 Å². The van der Waals surface area contributed by atoms with Crippen molar-refractivity contribution in [2.75, 3.05) is 5.33 Å². The summed E-state index contributed by atoms with van der Waals surface area (Å²) < 4.78 is 0. The Bertz CT molecular complexity index is 94.5. The lowest BCUT2D eigenvalue weighted by Crippen LogP contribution is -1.62. The highest BCUT2D eigenvalue weighted by molar-refractivity contribution is 9.09. The molecular weight excluding hydrogens is 152 g/mol. The Hall–Kier alpha value is -0.220. The number of alkyl halides is 1. The molecule has 0 rings (SSSR count). The van der Waals surface area contributed by atoms with Crippen LogP contribution in [0.5, 0.6) is 0 Å². The third-order valence-corrected chi connectivity index (χ3v) is 0.820. The maximum atomic E-state index is 3.44. The van der Waals surface area contributed by atoms with Crippen molar-refractivity contribution in [1.82, 2.24) is 0 Å². The van der Waals surface area contributed by atoms with E-state index >= 15 is 0 Å². The number of halogens is 1. The molecule has 0 aromatic rings. The summed E-state index contributed by atoms with van der Waals surface area (Å²) in [6.07, 6.45) is 2.51. The highest BCUT2D eigenvalue weighted by Gasteiger charge is 1.66. The third kappa shape index (κ3) is 5.78. The molecule has 0 aliphatic heterocycles. The summed E-state index contributed by atoms with van der Waals surface area (Å²) in [7, 11) is 0. The normalized spacial score (nSPS) is 6.43. The molecule has 0 bridgehead atoms. The van der Waals surface area contributed by atoms with E-state index in [1.54, 1.807) is 6.08 Å². The van der Waals surface area contributed by atoms with E-state index in [2.05, 4.69) is 34.3 Å². The van der Waals surface area contributed by atoms with Crippen molar-refractivity contribution < 1.29 is 0 Å². The van der Waals surface area contributed by atoms with Gasteiger partial charge < -0.3 is 0 Å². The molecule has 0 aromatic heterocycles. The van der Waals surface area contributed by atoms with Crippen LogP contribution in [0.4, 0.5) is 0 Å². The summed E-state index contributed by atoms with van der Waals surface area (Å²) >= 11 is 3.24. The van der Waals surface area contributed by atoms with Gasteiger partial charge in [0.15, 0.2) is 0 Å². The number of hydrogen-bond acceptors (Lipinski definition) is 0. The molecule has 0 saturated heterocycles. The first-order chi connectivity index (χ1) is 3.41. The lowest BCUT2D eigenvalue weighted by molar-refractivity contribution is 1.32. The fourth-order valence-corrected chi connectivity index (χ4v) is 0.390. The van der Waals surface area contributed by atoms with Gasteiger partial charge >= 0.3 is 0 Å². The zero-order valence-corrected chi connectivity index (χ0v) is 5.66.